The van der Waals surface area contributed by atoms with Gasteiger partial charge >= 0.3 is 5.97 Å². The quantitative estimate of drug-likeness (QED) is 0.548. The van der Waals surface area contributed by atoms with Crippen LogP contribution >= 0.6 is 0 Å². The first kappa shape index (κ1) is 24.7. The van der Waals surface area contributed by atoms with Gasteiger partial charge in [-0.1, -0.05) is 26.3 Å². The largest absolute Gasteiger partial charge is 0.481 e. The third-order valence-corrected chi connectivity index (χ3v) is 7.95. The monoisotopic (exact) mass is 450 g/mol. The number of hydrogen-bond acceptors (Lipinski definition) is 5. The van der Waals surface area contributed by atoms with Crippen LogP contribution in [0.2, 0.25) is 0 Å². The summed E-state index contributed by atoms with van der Waals surface area (Å²) >= 11 is 0. The van der Waals surface area contributed by atoms with Crippen molar-refractivity contribution in [2.45, 2.75) is 89.6 Å². The number of aliphatic carboxylic acids is 1. The SMILES string of the molecule is C=CCN(C(=O)C1N([C@@H](CO)[C@@H](C)CC)C(=O)[C@@H]2[C@H](C(=O)O)[C@]3(C)CCC12O3)C(C)(C)C. The zero-order chi connectivity index (χ0) is 24.2. The minimum Gasteiger partial charge on any atom is -0.481 e. The van der Waals surface area contributed by atoms with Crippen molar-refractivity contribution in [2.75, 3.05) is 13.2 Å². The normalized spacial score (nSPS) is 35.5. The standard InChI is InChI=1S/C24H38N2O6/c1-8-12-25(22(4,5)6)20(29)18-24-11-10-23(7,32-24)17(21(30)31)16(24)19(28)26(18)15(13-27)14(3)9-2/h8,14-18,27H,1,9-13H2,2-7H3,(H,30,31)/t14-,15-,16-,17+,18?,23-,24?/m0/s1. The van der Waals surface area contributed by atoms with E-state index in [4.69, 9.17) is 4.74 Å². The van der Waals surface area contributed by atoms with Crippen LogP contribution in [-0.2, 0) is 19.1 Å². The number of carboxylic acid groups (broad SMARTS) is 1. The van der Waals surface area contributed by atoms with Crippen molar-refractivity contribution in [3.05, 3.63) is 12.7 Å². The van der Waals surface area contributed by atoms with Crippen molar-refractivity contribution < 1.29 is 29.3 Å². The Kier molecular flexibility index (Phi) is 6.28. The second-order valence-corrected chi connectivity index (χ2v) is 10.9. The maximum absolute atomic E-state index is 14.2. The molecule has 2 N–H and O–H groups in total. The van der Waals surface area contributed by atoms with Gasteiger partial charge in [-0.2, -0.15) is 0 Å². The minimum atomic E-state index is -1.21. The van der Waals surface area contributed by atoms with Crippen LogP contribution in [-0.4, -0.2) is 79.8 Å². The van der Waals surface area contributed by atoms with Crippen LogP contribution in [0.25, 0.3) is 0 Å². The Labute approximate surface area is 190 Å². The summed E-state index contributed by atoms with van der Waals surface area (Å²) in [5.74, 6) is -3.81. The molecule has 3 aliphatic rings. The Morgan fingerprint density at radius 1 is 1.38 bits per heavy atom. The van der Waals surface area contributed by atoms with Crippen LogP contribution < -0.4 is 0 Å². The highest BCUT2D eigenvalue weighted by molar-refractivity contribution is 5.98. The third kappa shape index (κ3) is 3.37. The van der Waals surface area contributed by atoms with Crippen LogP contribution in [0.1, 0.15) is 60.8 Å². The molecule has 2 amide bonds. The number of hydrogen-bond donors (Lipinski definition) is 2. The molecule has 3 heterocycles. The van der Waals surface area contributed by atoms with E-state index in [0.29, 0.717) is 19.3 Å². The molecule has 32 heavy (non-hydrogen) atoms. The van der Waals surface area contributed by atoms with Crippen molar-refractivity contribution >= 4 is 17.8 Å². The number of aliphatic hydroxyl groups excluding tert-OH is 1. The van der Waals surface area contributed by atoms with Gasteiger partial charge in [0.1, 0.15) is 11.6 Å². The molecule has 1 spiro atoms. The highest BCUT2D eigenvalue weighted by Gasteiger charge is 2.79. The molecule has 0 aliphatic carbocycles. The van der Waals surface area contributed by atoms with E-state index < -0.39 is 52.5 Å². The Hall–Kier alpha value is -1.93. The van der Waals surface area contributed by atoms with Gasteiger partial charge in [0.05, 0.1) is 30.1 Å². The Bertz CT molecular complexity index is 807. The van der Waals surface area contributed by atoms with Gasteiger partial charge in [0, 0.05) is 12.1 Å². The van der Waals surface area contributed by atoms with Gasteiger partial charge in [-0.15, -0.1) is 6.58 Å². The predicted octanol–water partition coefficient (Wildman–Crippen LogP) is 2.06. The van der Waals surface area contributed by atoms with Gasteiger partial charge in [0.25, 0.3) is 0 Å². The maximum Gasteiger partial charge on any atom is 0.310 e. The van der Waals surface area contributed by atoms with Gasteiger partial charge in [0.2, 0.25) is 11.8 Å². The molecule has 0 saturated carbocycles. The van der Waals surface area contributed by atoms with E-state index in [2.05, 4.69) is 6.58 Å². The molecule has 3 aliphatic heterocycles. The second kappa shape index (κ2) is 8.13. The Morgan fingerprint density at radius 2 is 2.00 bits per heavy atom. The number of rotatable bonds is 8. The molecule has 3 saturated heterocycles. The summed E-state index contributed by atoms with van der Waals surface area (Å²) in [5.41, 5.74) is -2.75. The summed E-state index contributed by atoms with van der Waals surface area (Å²) in [4.78, 5) is 43.4. The van der Waals surface area contributed by atoms with Gasteiger partial charge in [-0.3, -0.25) is 14.4 Å². The molecule has 180 valence electrons. The molecule has 3 rings (SSSR count). The zero-order valence-electron chi connectivity index (χ0n) is 20.1. The van der Waals surface area contributed by atoms with E-state index in [1.54, 1.807) is 17.9 Å². The van der Waals surface area contributed by atoms with Gasteiger partial charge in [-0.25, -0.2) is 0 Å². The molecule has 3 fully saturated rings. The fourth-order valence-electron chi connectivity index (χ4n) is 6.16. The number of carbonyl (C=O) groups excluding carboxylic acids is 2. The van der Waals surface area contributed by atoms with Gasteiger partial charge in [0.15, 0.2) is 0 Å². The summed E-state index contributed by atoms with van der Waals surface area (Å²) in [6, 6.07) is -1.59. The number of likely N-dealkylation sites (tertiary alicyclic amines) is 1. The second-order valence-electron chi connectivity index (χ2n) is 10.9. The molecule has 7 atom stereocenters. The van der Waals surface area contributed by atoms with Gasteiger partial charge in [-0.05, 0) is 46.5 Å². The van der Waals surface area contributed by atoms with Crippen molar-refractivity contribution in [1.82, 2.24) is 9.80 Å². The lowest BCUT2D eigenvalue weighted by Crippen LogP contribution is -2.62. The summed E-state index contributed by atoms with van der Waals surface area (Å²) in [7, 11) is 0. The minimum absolute atomic E-state index is 0.0759. The number of carboxylic acids is 1. The molecular weight excluding hydrogens is 412 g/mol. The molecule has 2 unspecified atom stereocenters. The van der Waals surface area contributed by atoms with Crippen molar-refractivity contribution in [2.24, 2.45) is 17.8 Å². The third-order valence-electron chi connectivity index (χ3n) is 7.95. The van der Waals surface area contributed by atoms with E-state index in [1.807, 2.05) is 34.6 Å². The topological polar surface area (TPSA) is 107 Å². The van der Waals surface area contributed by atoms with Crippen LogP contribution in [0.4, 0.5) is 0 Å². The number of ether oxygens (including phenoxy) is 1. The smallest absolute Gasteiger partial charge is 0.310 e. The van der Waals surface area contributed by atoms with Crippen molar-refractivity contribution in [3.63, 3.8) is 0 Å². The fraction of sp³-hybridized carbons (Fsp3) is 0.792. The molecule has 0 aromatic heterocycles. The number of aliphatic hydroxyl groups is 1. The van der Waals surface area contributed by atoms with E-state index >= 15 is 0 Å². The average Bonchev–Trinajstić information content (AvgIpc) is 3.26. The van der Waals surface area contributed by atoms with E-state index in [0.717, 1.165) is 0 Å². The molecule has 0 aromatic rings. The van der Waals surface area contributed by atoms with E-state index in [9.17, 15) is 24.6 Å². The summed E-state index contributed by atoms with van der Waals surface area (Å²) < 4.78 is 6.43. The first-order valence-corrected chi connectivity index (χ1v) is 11.6. The number of carbonyl (C=O) groups is 3. The first-order chi connectivity index (χ1) is 14.8. The number of fused-ring (bicyclic) bond motifs is 1. The lowest BCUT2D eigenvalue weighted by Gasteiger charge is -2.44. The lowest BCUT2D eigenvalue weighted by atomic mass is 9.66. The predicted molar refractivity (Wildman–Crippen MR) is 119 cm³/mol. The van der Waals surface area contributed by atoms with E-state index in [-0.39, 0.29) is 25.0 Å². The van der Waals surface area contributed by atoms with Crippen LogP contribution in [0, 0.1) is 17.8 Å². The molecule has 2 bridgehead atoms. The highest BCUT2D eigenvalue weighted by atomic mass is 16.5. The summed E-state index contributed by atoms with van der Waals surface area (Å²) in [6.07, 6.45) is 3.24. The van der Waals surface area contributed by atoms with Crippen LogP contribution in [0.3, 0.4) is 0 Å². The van der Waals surface area contributed by atoms with Crippen LogP contribution in [0.15, 0.2) is 12.7 Å². The molecule has 8 heteroatoms. The molecule has 8 nitrogen and oxygen atoms in total. The van der Waals surface area contributed by atoms with Gasteiger partial charge < -0.3 is 24.7 Å². The number of amides is 2. The maximum atomic E-state index is 14.2. The van der Waals surface area contributed by atoms with E-state index in [1.165, 1.54) is 4.90 Å². The average molecular weight is 451 g/mol. The Balaban J connectivity index is 2.20. The first-order valence-electron chi connectivity index (χ1n) is 11.6. The summed E-state index contributed by atoms with van der Waals surface area (Å²) in [6.45, 7) is 15.1. The van der Waals surface area contributed by atoms with Crippen molar-refractivity contribution in [3.8, 4) is 0 Å². The molecular formula is C24H38N2O6. The zero-order valence-corrected chi connectivity index (χ0v) is 20.1. The lowest BCUT2D eigenvalue weighted by molar-refractivity contribution is -0.161. The summed E-state index contributed by atoms with van der Waals surface area (Å²) in [5, 5.41) is 20.3. The van der Waals surface area contributed by atoms with Crippen LogP contribution in [0.5, 0.6) is 0 Å². The Morgan fingerprint density at radius 3 is 2.47 bits per heavy atom. The highest BCUT2D eigenvalue weighted by Crippen LogP contribution is 2.63. The van der Waals surface area contributed by atoms with Crippen molar-refractivity contribution in [1.29, 1.82) is 0 Å². The number of nitrogens with zero attached hydrogens (tertiary/aromatic N) is 2. The molecule has 0 radical (unpaired) electrons. The molecule has 0 aromatic carbocycles. The fourth-order valence-corrected chi connectivity index (χ4v) is 6.16.